The fourth-order valence-electron chi connectivity index (χ4n) is 2.35. The van der Waals surface area contributed by atoms with Crippen molar-refractivity contribution in [3.8, 4) is 0 Å². The number of carbonyl (C=O) groups is 3. The van der Waals surface area contributed by atoms with Gasteiger partial charge in [0.2, 0.25) is 11.8 Å². The molecule has 6 heteroatoms. The van der Waals surface area contributed by atoms with E-state index in [4.69, 9.17) is 0 Å². The van der Waals surface area contributed by atoms with E-state index in [-0.39, 0.29) is 36.5 Å². The first-order chi connectivity index (χ1) is 8.73. The highest BCUT2D eigenvalue weighted by Gasteiger charge is 2.40. The van der Waals surface area contributed by atoms with Crippen LogP contribution in [-0.2, 0) is 14.4 Å². The molecule has 1 saturated heterocycles. The zero-order chi connectivity index (χ0) is 14.7. The second-order valence-electron chi connectivity index (χ2n) is 5.43. The van der Waals surface area contributed by atoms with E-state index >= 15 is 0 Å². The van der Waals surface area contributed by atoms with Gasteiger partial charge in [-0.3, -0.25) is 14.4 Å². The van der Waals surface area contributed by atoms with Crippen molar-refractivity contribution in [3.63, 3.8) is 0 Å². The largest absolute Gasteiger partial charge is 0.391 e. The van der Waals surface area contributed by atoms with Gasteiger partial charge in [0.25, 0.3) is 0 Å². The number of β-amino-alcohol motifs (C(OH)–C–C–N with tert-alkyl or cyclic N) is 1. The summed E-state index contributed by atoms with van der Waals surface area (Å²) in [5.74, 6) is -0.815. The fraction of sp³-hybridized carbons (Fsp3) is 0.769. The normalized spacial score (nSPS) is 24.4. The summed E-state index contributed by atoms with van der Waals surface area (Å²) in [7, 11) is 0. The summed E-state index contributed by atoms with van der Waals surface area (Å²) >= 11 is 0. The number of Topliss-reactive ketones (excluding diaryl/α,β-unsaturated/α-hetero) is 1. The lowest BCUT2D eigenvalue weighted by Gasteiger charge is -2.29. The Kier molecular flexibility index (Phi) is 5.05. The number of hydrogen-bond donors (Lipinski definition) is 2. The minimum atomic E-state index is -0.678. The van der Waals surface area contributed by atoms with Gasteiger partial charge in [0.15, 0.2) is 5.78 Å². The van der Waals surface area contributed by atoms with Crippen LogP contribution in [0.1, 0.15) is 34.1 Å². The number of nitrogens with zero attached hydrogens (tertiary/aromatic N) is 1. The van der Waals surface area contributed by atoms with E-state index in [1.54, 1.807) is 0 Å². The van der Waals surface area contributed by atoms with Gasteiger partial charge in [0, 0.05) is 19.9 Å². The Labute approximate surface area is 113 Å². The van der Waals surface area contributed by atoms with Crippen LogP contribution in [0, 0.1) is 5.92 Å². The molecule has 0 aromatic carbocycles. The molecule has 0 aromatic rings. The number of aliphatic hydroxyl groups excluding tert-OH is 1. The highest BCUT2D eigenvalue weighted by molar-refractivity contribution is 5.92. The molecule has 1 rings (SSSR count). The summed E-state index contributed by atoms with van der Waals surface area (Å²) in [5.41, 5.74) is 0. The van der Waals surface area contributed by atoms with Crippen LogP contribution in [0.5, 0.6) is 0 Å². The molecule has 0 bridgehead atoms. The number of nitrogens with one attached hydrogen (secondary N) is 1. The highest BCUT2D eigenvalue weighted by Crippen LogP contribution is 2.21. The summed E-state index contributed by atoms with van der Waals surface area (Å²) in [5, 5.41) is 12.2. The minimum absolute atomic E-state index is 0.0817. The molecule has 0 aromatic heterocycles. The smallest absolute Gasteiger partial charge is 0.246 e. The zero-order valence-electron chi connectivity index (χ0n) is 11.8. The molecule has 0 saturated carbocycles. The third-order valence-corrected chi connectivity index (χ3v) is 3.32. The van der Waals surface area contributed by atoms with Gasteiger partial charge in [-0.15, -0.1) is 0 Å². The molecule has 1 aliphatic rings. The maximum absolute atomic E-state index is 12.4. The number of rotatable bonds is 4. The Morgan fingerprint density at radius 1 is 1.26 bits per heavy atom. The summed E-state index contributed by atoms with van der Waals surface area (Å²) in [6, 6.07) is -1.25. The van der Waals surface area contributed by atoms with Gasteiger partial charge >= 0.3 is 0 Å². The predicted molar refractivity (Wildman–Crippen MR) is 69.2 cm³/mol. The average molecular weight is 270 g/mol. The maximum Gasteiger partial charge on any atom is 0.246 e. The van der Waals surface area contributed by atoms with E-state index < -0.39 is 18.2 Å². The van der Waals surface area contributed by atoms with Crippen molar-refractivity contribution in [1.29, 1.82) is 0 Å². The molecule has 0 radical (unpaired) electrons. The molecule has 19 heavy (non-hydrogen) atoms. The van der Waals surface area contributed by atoms with Gasteiger partial charge in [-0.2, -0.15) is 0 Å². The van der Waals surface area contributed by atoms with E-state index in [0.29, 0.717) is 0 Å². The van der Waals surface area contributed by atoms with E-state index in [1.165, 1.54) is 18.7 Å². The Hall–Kier alpha value is -1.43. The predicted octanol–water partition coefficient (Wildman–Crippen LogP) is -0.302. The molecule has 108 valence electrons. The SMILES string of the molecule is CC(=O)N[C@H](C(=O)N1C[C@H](O)C[C@H]1C(C)=O)C(C)C. The van der Waals surface area contributed by atoms with Gasteiger partial charge < -0.3 is 15.3 Å². The molecule has 0 spiro atoms. The van der Waals surface area contributed by atoms with Gasteiger partial charge in [-0.05, 0) is 12.8 Å². The number of aliphatic hydroxyl groups is 1. The second kappa shape index (κ2) is 6.14. The third-order valence-electron chi connectivity index (χ3n) is 3.32. The van der Waals surface area contributed by atoms with Crippen LogP contribution in [-0.4, -0.2) is 52.3 Å². The van der Waals surface area contributed by atoms with Crippen LogP contribution in [0.25, 0.3) is 0 Å². The standard InChI is InChI=1S/C13H22N2O4/c1-7(2)12(14-9(4)17)13(19)15-6-10(18)5-11(15)8(3)16/h7,10-12,18H,5-6H2,1-4H3,(H,14,17)/t10-,11+,12+/m1/s1. The molecule has 0 aliphatic carbocycles. The molecule has 0 unspecified atom stereocenters. The van der Waals surface area contributed by atoms with Crippen molar-refractivity contribution >= 4 is 17.6 Å². The number of ketones is 1. The number of likely N-dealkylation sites (tertiary alicyclic amines) is 1. The minimum Gasteiger partial charge on any atom is -0.391 e. The number of carbonyl (C=O) groups excluding carboxylic acids is 3. The molecule has 1 fully saturated rings. The summed E-state index contributed by atoms with van der Waals surface area (Å²) in [4.78, 5) is 36.5. The monoisotopic (exact) mass is 270 g/mol. The quantitative estimate of drug-likeness (QED) is 0.734. The van der Waals surface area contributed by atoms with Crippen molar-refractivity contribution in [2.45, 2.75) is 52.3 Å². The molecule has 1 aliphatic heterocycles. The summed E-state index contributed by atoms with van der Waals surface area (Å²) in [6.07, 6.45) is -0.408. The molecule has 1 heterocycles. The lowest BCUT2D eigenvalue weighted by Crippen LogP contribution is -2.53. The number of hydrogen-bond acceptors (Lipinski definition) is 4. The molecular weight excluding hydrogens is 248 g/mol. The molecule has 2 amide bonds. The fourth-order valence-corrected chi connectivity index (χ4v) is 2.35. The maximum atomic E-state index is 12.4. The van der Waals surface area contributed by atoms with Crippen molar-refractivity contribution in [1.82, 2.24) is 10.2 Å². The lowest BCUT2D eigenvalue weighted by molar-refractivity contribution is -0.141. The lowest BCUT2D eigenvalue weighted by atomic mass is 10.0. The Morgan fingerprint density at radius 3 is 2.26 bits per heavy atom. The summed E-state index contributed by atoms with van der Waals surface area (Å²) in [6.45, 7) is 6.56. The van der Waals surface area contributed by atoms with Crippen LogP contribution < -0.4 is 5.32 Å². The molecule has 6 nitrogen and oxygen atoms in total. The van der Waals surface area contributed by atoms with Crippen LogP contribution in [0.3, 0.4) is 0 Å². The molecule has 3 atom stereocenters. The van der Waals surface area contributed by atoms with E-state index in [2.05, 4.69) is 5.32 Å². The first kappa shape index (κ1) is 15.6. The summed E-state index contributed by atoms with van der Waals surface area (Å²) < 4.78 is 0. The number of amides is 2. The van der Waals surface area contributed by atoms with E-state index in [0.717, 1.165) is 0 Å². The van der Waals surface area contributed by atoms with Crippen molar-refractivity contribution in [3.05, 3.63) is 0 Å². The Morgan fingerprint density at radius 2 is 1.84 bits per heavy atom. The Balaban J connectivity index is 2.89. The van der Waals surface area contributed by atoms with E-state index in [9.17, 15) is 19.5 Å². The average Bonchev–Trinajstić information content (AvgIpc) is 2.67. The van der Waals surface area contributed by atoms with Gasteiger partial charge in [-0.1, -0.05) is 13.8 Å². The van der Waals surface area contributed by atoms with Crippen LogP contribution >= 0.6 is 0 Å². The van der Waals surface area contributed by atoms with Gasteiger partial charge in [0.05, 0.1) is 12.1 Å². The van der Waals surface area contributed by atoms with Crippen LogP contribution in [0.15, 0.2) is 0 Å². The van der Waals surface area contributed by atoms with Crippen LogP contribution in [0.2, 0.25) is 0 Å². The van der Waals surface area contributed by atoms with Gasteiger partial charge in [0.1, 0.15) is 6.04 Å². The zero-order valence-corrected chi connectivity index (χ0v) is 11.8. The Bertz CT molecular complexity index is 381. The molecule has 2 N–H and O–H groups in total. The van der Waals surface area contributed by atoms with Crippen molar-refractivity contribution < 1.29 is 19.5 Å². The highest BCUT2D eigenvalue weighted by atomic mass is 16.3. The van der Waals surface area contributed by atoms with Crippen molar-refractivity contribution in [2.75, 3.05) is 6.54 Å². The topological polar surface area (TPSA) is 86.7 Å². The second-order valence-corrected chi connectivity index (χ2v) is 5.43. The first-order valence-electron chi connectivity index (χ1n) is 6.50. The van der Waals surface area contributed by atoms with Gasteiger partial charge in [-0.25, -0.2) is 0 Å². The first-order valence-corrected chi connectivity index (χ1v) is 6.50. The van der Waals surface area contributed by atoms with Crippen LogP contribution in [0.4, 0.5) is 0 Å². The third kappa shape index (κ3) is 3.76. The molecular formula is C13H22N2O4. The van der Waals surface area contributed by atoms with E-state index in [1.807, 2.05) is 13.8 Å². The van der Waals surface area contributed by atoms with Crippen molar-refractivity contribution in [2.24, 2.45) is 5.92 Å².